The largest absolute Gasteiger partial charge is 0.327 e. The summed E-state index contributed by atoms with van der Waals surface area (Å²) in [4.78, 5) is 4.55. The third kappa shape index (κ3) is 2.93. The molecule has 2 aromatic heterocycles. The topological polar surface area (TPSA) is 35.6 Å². The SMILES string of the molecule is Cn1ccc(CCn2c(CCCl)nc3ccc(F)cc32)n1. The molecule has 0 bridgehead atoms. The minimum absolute atomic E-state index is 0.251. The molecule has 0 atom stereocenters. The molecular formula is C15H16ClFN4. The normalized spacial score (nSPS) is 11.4. The molecule has 1 aromatic carbocycles. The molecule has 0 radical (unpaired) electrons. The second-order valence-electron chi connectivity index (χ2n) is 4.98. The summed E-state index contributed by atoms with van der Waals surface area (Å²) in [5, 5.41) is 4.37. The first-order chi connectivity index (χ1) is 10.2. The maximum absolute atomic E-state index is 13.5. The Morgan fingerprint density at radius 3 is 2.81 bits per heavy atom. The molecule has 0 saturated carbocycles. The van der Waals surface area contributed by atoms with E-state index in [0.29, 0.717) is 18.8 Å². The molecule has 110 valence electrons. The van der Waals surface area contributed by atoms with Crippen molar-refractivity contribution in [2.75, 3.05) is 5.88 Å². The molecule has 0 amide bonds. The lowest BCUT2D eigenvalue weighted by atomic mass is 10.2. The van der Waals surface area contributed by atoms with E-state index in [4.69, 9.17) is 11.6 Å². The van der Waals surface area contributed by atoms with Crippen molar-refractivity contribution in [1.82, 2.24) is 19.3 Å². The van der Waals surface area contributed by atoms with Crippen molar-refractivity contribution in [2.24, 2.45) is 7.05 Å². The summed E-state index contributed by atoms with van der Waals surface area (Å²) in [7, 11) is 1.89. The Morgan fingerprint density at radius 1 is 1.24 bits per heavy atom. The highest BCUT2D eigenvalue weighted by molar-refractivity contribution is 6.17. The standard InChI is InChI=1S/C15H16ClFN4/c1-20-8-5-12(19-20)6-9-21-14-10-11(17)2-3-13(14)18-15(21)4-7-16/h2-3,5,8,10H,4,6-7,9H2,1H3. The van der Waals surface area contributed by atoms with Crippen molar-refractivity contribution in [2.45, 2.75) is 19.4 Å². The van der Waals surface area contributed by atoms with Crippen LogP contribution in [0.2, 0.25) is 0 Å². The number of alkyl halides is 1. The number of hydrogen-bond donors (Lipinski definition) is 0. The summed E-state index contributed by atoms with van der Waals surface area (Å²) >= 11 is 5.84. The molecule has 0 aliphatic carbocycles. The quantitative estimate of drug-likeness (QED) is 0.679. The maximum atomic E-state index is 13.5. The molecule has 4 nitrogen and oxygen atoms in total. The van der Waals surface area contributed by atoms with Gasteiger partial charge in [-0.15, -0.1) is 11.6 Å². The summed E-state index contributed by atoms with van der Waals surface area (Å²) in [6, 6.07) is 6.65. The molecule has 0 aliphatic heterocycles. The highest BCUT2D eigenvalue weighted by atomic mass is 35.5. The number of halogens is 2. The zero-order chi connectivity index (χ0) is 14.8. The second kappa shape index (κ2) is 5.85. The second-order valence-corrected chi connectivity index (χ2v) is 5.36. The van der Waals surface area contributed by atoms with Crippen LogP contribution < -0.4 is 0 Å². The van der Waals surface area contributed by atoms with Crippen molar-refractivity contribution < 1.29 is 4.39 Å². The lowest BCUT2D eigenvalue weighted by Gasteiger charge is -2.07. The van der Waals surface area contributed by atoms with Crippen LogP contribution in [0.1, 0.15) is 11.5 Å². The predicted octanol–water partition coefficient (Wildman–Crippen LogP) is 2.93. The summed E-state index contributed by atoms with van der Waals surface area (Å²) in [6.07, 6.45) is 3.36. The number of rotatable bonds is 5. The van der Waals surface area contributed by atoms with E-state index in [9.17, 15) is 4.39 Å². The van der Waals surface area contributed by atoms with Gasteiger partial charge in [0.15, 0.2) is 0 Å². The van der Waals surface area contributed by atoms with E-state index in [1.165, 1.54) is 12.1 Å². The molecule has 0 saturated heterocycles. The Morgan fingerprint density at radius 2 is 2.10 bits per heavy atom. The average Bonchev–Trinajstić information content (AvgIpc) is 3.01. The Hall–Kier alpha value is -1.88. The first-order valence-corrected chi connectivity index (χ1v) is 7.40. The van der Waals surface area contributed by atoms with E-state index in [2.05, 4.69) is 10.1 Å². The van der Waals surface area contributed by atoms with Crippen molar-refractivity contribution >= 4 is 22.6 Å². The predicted molar refractivity (Wildman–Crippen MR) is 81.0 cm³/mol. The number of aryl methyl sites for hydroxylation is 4. The number of fused-ring (bicyclic) bond motifs is 1. The summed E-state index contributed by atoms with van der Waals surface area (Å²) < 4.78 is 17.3. The average molecular weight is 307 g/mol. The molecule has 2 heterocycles. The smallest absolute Gasteiger partial charge is 0.125 e. The van der Waals surface area contributed by atoms with Crippen LogP contribution in [0.4, 0.5) is 4.39 Å². The Labute approximate surface area is 127 Å². The van der Waals surface area contributed by atoms with Gasteiger partial charge in [-0.05, 0) is 24.3 Å². The first-order valence-electron chi connectivity index (χ1n) is 6.86. The van der Waals surface area contributed by atoms with Gasteiger partial charge in [0.05, 0.1) is 16.7 Å². The van der Waals surface area contributed by atoms with Gasteiger partial charge < -0.3 is 4.57 Å². The fraction of sp³-hybridized carbons (Fsp3) is 0.333. The molecule has 3 aromatic rings. The monoisotopic (exact) mass is 306 g/mol. The van der Waals surface area contributed by atoms with E-state index in [1.54, 1.807) is 10.7 Å². The van der Waals surface area contributed by atoms with Crippen LogP contribution in [0.25, 0.3) is 11.0 Å². The van der Waals surface area contributed by atoms with Gasteiger partial charge in [0, 0.05) is 38.5 Å². The fourth-order valence-corrected chi connectivity index (χ4v) is 2.66. The van der Waals surface area contributed by atoms with E-state index in [-0.39, 0.29) is 5.82 Å². The van der Waals surface area contributed by atoms with E-state index < -0.39 is 0 Å². The zero-order valence-corrected chi connectivity index (χ0v) is 12.5. The molecule has 0 fully saturated rings. The van der Waals surface area contributed by atoms with Crippen LogP contribution in [-0.4, -0.2) is 25.2 Å². The highest BCUT2D eigenvalue weighted by Gasteiger charge is 2.11. The van der Waals surface area contributed by atoms with Gasteiger partial charge in [0.25, 0.3) is 0 Å². The highest BCUT2D eigenvalue weighted by Crippen LogP contribution is 2.19. The van der Waals surface area contributed by atoms with Gasteiger partial charge in [-0.1, -0.05) is 0 Å². The van der Waals surface area contributed by atoms with Gasteiger partial charge in [-0.3, -0.25) is 4.68 Å². The first kappa shape index (κ1) is 14.1. The summed E-state index contributed by atoms with van der Waals surface area (Å²) in [5.41, 5.74) is 2.62. The minimum atomic E-state index is -0.251. The summed E-state index contributed by atoms with van der Waals surface area (Å²) in [6.45, 7) is 0.711. The van der Waals surface area contributed by atoms with E-state index in [0.717, 1.165) is 29.0 Å². The van der Waals surface area contributed by atoms with Crippen LogP contribution in [0.3, 0.4) is 0 Å². The van der Waals surface area contributed by atoms with E-state index in [1.807, 2.05) is 23.9 Å². The van der Waals surface area contributed by atoms with Crippen molar-refractivity contribution in [3.63, 3.8) is 0 Å². The number of benzene rings is 1. The molecule has 21 heavy (non-hydrogen) atoms. The van der Waals surface area contributed by atoms with Crippen LogP contribution in [0.5, 0.6) is 0 Å². The molecular weight excluding hydrogens is 291 g/mol. The number of imidazole rings is 1. The molecule has 0 unspecified atom stereocenters. The molecule has 0 aliphatic rings. The van der Waals surface area contributed by atoms with E-state index >= 15 is 0 Å². The van der Waals surface area contributed by atoms with Gasteiger partial charge in [0.1, 0.15) is 11.6 Å². The van der Waals surface area contributed by atoms with Crippen molar-refractivity contribution in [3.05, 3.63) is 47.8 Å². The lowest BCUT2D eigenvalue weighted by Crippen LogP contribution is -2.07. The van der Waals surface area contributed by atoms with Gasteiger partial charge in [-0.2, -0.15) is 5.10 Å². The van der Waals surface area contributed by atoms with Crippen molar-refractivity contribution in [1.29, 1.82) is 0 Å². The lowest BCUT2D eigenvalue weighted by molar-refractivity contribution is 0.624. The van der Waals surface area contributed by atoms with Gasteiger partial charge >= 0.3 is 0 Å². The van der Waals surface area contributed by atoms with Crippen molar-refractivity contribution in [3.8, 4) is 0 Å². The Bertz CT molecular complexity index is 762. The Kier molecular flexibility index (Phi) is 3.92. The molecule has 6 heteroatoms. The third-order valence-corrected chi connectivity index (χ3v) is 3.66. The summed E-state index contributed by atoms with van der Waals surface area (Å²) in [5.74, 6) is 1.13. The third-order valence-electron chi connectivity index (χ3n) is 3.47. The van der Waals surface area contributed by atoms with Crippen LogP contribution >= 0.6 is 11.6 Å². The molecule has 0 spiro atoms. The van der Waals surface area contributed by atoms with Crippen LogP contribution in [-0.2, 0) is 26.4 Å². The molecule has 0 N–H and O–H groups in total. The number of aromatic nitrogens is 4. The molecule has 3 rings (SSSR count). The van der Waals surface area contributed by atoms with Crippen LogP contribution in [0.15, 0.2) is 30.5 Å². The Balaban J connectivity index is 1.94. The van der Waals surface area contributed by atoms with Crippen LogP contribution in [0, 0.1) is 5.82 Å². The fourth-order valence-electron chi connectivity index (χ4n) is 2.49. The van der Waals surface area contributed by atoms with Gasteiger partial charge in [0.2, 0.25) is 0 Å². The van der Waals surface area contributed by atoms with Gasteiger partial charge in [-0.25, -0.2) is 9.37 Å². The minimum Gasteiger partial charge on any atom is -0.327 e. The number of nitrogens with zero attached hydrogens (tertiary/aromatic N) is 4. The maximum Gasteiger partial charge on any atom is 0.125 e. The zero-order valence-electron chi connectivity index (χ0n) is 11.8. The number of hydrogen-bond acceptors (Lipinski definition) is 2.